The summed E-state index contributed by atoms with van der Waals surface area (Å²) in [5, 5.41) is 5.04. The van der Waals surface area contributed by atoms with Crippen LogP contribution >= 0.6 is 23.2 Å². The topological polar surface area (TPSA) is 12.0 Å². The van der Waals surface area contributed by atoms with Gasteiger partial charge in [-0.2, -0.15) is 0 Å². The summed E-state index contributed by atoms with van der Waals surface area (Å²) in [7, 11) is 0. The van der Waals surface area contributed by atoms with E-state index < -0.39 is 0 Å². The van der Waals surface area contributed by atoms with Gasteiger partial charge in [0.05, 0.1) is 6.04 Å². The zero-order valence-corrected chi connectivity index (χ0v) is 13.5. The molecule has 0 radical (unpaired) electrons. The Morgan fingerprint density at radius 3 is 2.20 bits per heavy atom. The lowest BCUT2D eigenvalue weighted by Crippen LogP contribution is -2.22. The van der Waals surface area contributed by atoms with E-state index in [-0.39, 0.29) is 6.04 Å². The fourth-order valence-corrected chi connectivity index (χ4v) is 2.74. The van der Waals surface area contributed by atoms with E-state index in [1.54, 1.807) is 0 Å². The molecule has 0 aromatic heterocycles. The lowest BCUT2D eigenvalue weighted by atomic mass is 9.95. The van der Waals surface area contributed by atoms with Gasteiger partial charge in [-0.25, -0.2) is 0 Å². The summed E-state index contributed by atoms with van der Waals surface area (Å²) in [5.74, 6) is 0. The van der Waals surface area contributed by atoms with Crippen molar-refractivity contribution in [1.82, 2.24) is 5.32 Å². The van der Waals surface area contributed by atoms with Gasteiger partial charge in [0.25, 0.3) is 0 Å². The zero-order chi connectivity index (χ0) is 14.7. The molecule has 0 saturated carbocycles. The zero-order valence-electron chi connectivity index (χ0n) is 12.0. The van der Waals surface area contributed by atoms with Gasteiger partial charge in [-0.1, -0.05) is 48.3 Å². The Labute approximate surface area is 130 Å². The van der Waals surface area contributed by atoms with Crippen molar-refractivity contribution in [1.29, 1.82) is 0 Å². The summed E-state index contributed by atoms with van der Waals surface area (Å²) < 4.78 is 0. The minimum absolute atomic E-state index is 0.0871. The van der Waals surface area contributed by atoms with Crippen LogP contribution in [-0.4, -0.2) is 6.54 Å². The minimum atomic E-state index is 0.0871. The Kier molecular flexibility index (Phi) is 5.09. The highest BCUT2D eigenvalue weighted by Gasteiger charge is 2.17. The summed E-state index contributed by atoms with van der Waals surface area (Å²) in [6, 6.07) is 12.2. The first kappa shape index (κ1) is 15.4. The van der Waals surface area contributed by atoms with Gasteiger partial charge in [-0.3, -0.25) is 0 Å². The van der Waals surface area contributed by atoms with Gasteiger partial charge in [0.15, 0.2) is 0 Å². The number of rotatable bonds is 4. The number of benzene rings is 2. The van der Waals surface area contributed by atoms with Crippen LogP contribution in [0.4, 0.5) is 0 Å². The fourth-order valence-electron chi connectivity index (χ4n) is 2.29. The molecule has 20 heavy (non-hydrogen) atoms. The molecular weight excluding hydrogens is 289 g/mol. The van der Waals surface area contributed by atoms with Gasteiger partial charge in [-0.15, -0.1) is 0 Å². The average Bonchev–Trinajstić information content (AvgIpc) is 2.42. The van der Waals surface area contributed by atoms with E-state index in [0.717, 1.165) is 22.2 Å². The first-order chi connectivity index (χ1) is 9.52. The highest BCUT2D eigenvalue weighted by atomic mass is 35.5. The van der Waals surface area contributed by atoms with Crippen molar-refractivity contribution in [2.45, 2.75) is 26.8 Å². The molecule has 0 amide bonds. The number of halogens is 2. The van der Waals surface area contributed by atoms with Crippen molar-refractivity contribution in [3.05, 3.63) is 68.7 Å². The molecule has 0 fully saturated rings. The van der Waals surface area contributed by atoms with Crippen molar-refractivity contribution < 1.29 is 0 Å². The largest absolute Gasteiger partial charge is 0.306 e. The van der Waals surface area contributed by atoms with Crippen LogP contribution < -0.4 is 5.32 Å². The molecule has 2 aromatic rings. The van der Waals surface area contributed by atoms with Crippen LogP contribution in [0.5, 0.6) is 0 Å². The molecule has 2 rings (SSSR count). The Morgan fingerprint density at radius 1 is 1.00 bits per heavy atom. The molecule has 1 nitrogen and oxygen atoms in total. The van der Waals surface area contributed by atoms with Crippen molar-refractivity contribution >= 4 is 23.2 Å². The van der Waals surface area contributed by atoms with Crippen LogP contribution in [0.3, 0.4) is 0 Å². The van der Waals surface area contributed by atoms with Gasteiger partial charge >= 0.3 is 0 Å². The summed E-state index contributed by atoms with van der Waals surface area (Å²) in [5.41, 5.74) is 4.74. The van der Waals surface area contributed by atoms with Crippen molar-refractivity contribution in [2.24, 2.45) is 0 Å². The van der Waals surface area contributed by atoms with Gasteiger partial charge in [0, 0.05) is 10.0 Å². The molecule has 3 heteroatoms. The normalized spacial score (nSPS) is 12.4. The Hall–Kier alpha value is -1.02. The second-order valence-electron chi connectivity index (χ2n) is 5.00. The maximum absolute atomic E-state index is 6.45. The smallest absolute Gasteiger partial charge is 0.0591 e. The average molecular weight is 308 g/mol. The predicted molar refractivity (Wildman–Crippen MR) is 87.9 cm³/mol. The molecule has 0 bridgehead atoms. The second kappa shape index (κ2) is 6.62. The highest BCUT2D eigenvalue weighted by Crippen LogP contribution is 2.31. The first-order valence-electron chi connectivity index (χ1n) is 6.78. The monoisotopic (exact) mass is 307 g/mol. The van der Waals surface area contributed by atoms with Gasteiger partial charge in [-0.05, 0) is 60.8 Å². The van der Waals surface area contributed by atoms with E-state index in [4.69, 9.17) is 23.2 Å². The van der Waals surface area contributed by atoms with Crippen LogP contribution in [0.25, 0.3) is 0 Å². The van der Waals surface area contributed by atoms with E-state index in [1.807, 2.05) is 30.3 Å². The van der Waals surface area contributed by atoms with Crippen molar-refractivity contribution in [2.75, 3.05) is 6.54 Å². The number of nitrogens with one attached hydrogen (secondary N) is 1. The summed E-state index contributed by atoms with van der Waals surface area (Å²) in [4.78, 5) is 0. The quantitative estimate of drug-likeness (QED) is 0.807. The molecule has 106 valence electrons. The third-order valence-electron chi connectivity index (χ3n) is 3.54. The number of aryl methyl sites for hydroxylation is 2. The minimum Gasteiger partial charge on any atom is -0.306 e. The van der Waals surface area contributed by atoms with E-state index >= 15 is 0 Å². The SMILES string of the molecule is CCNC(c1ccc(Cl)cc1)c1cc(C)c(C)cc1Cl. The Morgan fingerprint density at radius 2 is 1.60 bits per heavy atom. The molecule has 0 heterocycles. The predicted octanol–water partition coefficient (Wildman–Crippen LogP) is 5.31. The van der Waals surface area contributed by atoms with E-state index in [0.29, 0.717) is 0 Å². The lowest BCUT2D eigenvalue weighted by molar-refractivity contribution is 0.630. The van der Waals surface area contributed by atoms with E-state index in [1.165, 1.54) is 16.7 Å². The molecule has 1 atom stereocenters. The molecule has 1 unspecified atom stereocenters. The summed E-state index contributed by atoms with van der Waals surface area (Å²) >= 11 is 12.4. The van der Waals surface area contributed by atoms with Crippen LogP contribution in [0, 0.1) is 13.8 Å². The van der Waals surface area contributed by atoms with Crippen LogP contribution in [0.2, 0.25) is 10.0 Å². The van der Waals surface area contributed by atoms with Crippen LogP contribution in [0.15, 0.2) is 36.4 Å². The maximum Gasteiger partial charge on any atom is 0.0591 e. The number of hydrogen-bond donors (Lipinski definition) is 1. The van der Waals surface area contributed by atoms with Gasteiger partial charge in [0.1, 0.15) is 0 Å². The Bertz CT molecular complexity index is 591. The molecular formula is C17H19Cl2N. The van der Waals surface area contributed by atoms with Crippen molar-refractivity contribution in [3.8, 4) is 0 Å². The Balaban J connectivity index is 2.48. The lowest BCUT2D eigenvalue weighted by Gasteiger charge is -2.21. The molecule has 0 aliphatic heterocycles. The summed E-state index contributed by atoms with van der Waals surface area (Å²) in [6.07, 6.45) is 0. The molecule has 0 saturated heterocycles. The third-order valence-corrected chi connectivity index (χ3v) is 4.11. The molecule has 0 aliphatic carbocycles. The molecule has 2 aromatic carbocycles. The number of hydrogen-bond acceptors (Lipinski definition) is 1. The maximum atomic E-state index is 6.45. The van der Waals surface area contributed by atoms with E-state index in [2.05, 4.69) is 32.2 Å². The third kappa shape index (κ3) is 3.35. The van der Waals surface area contributed by atoms with Gasteiger partial charge in [0.2, 0.25) is 0 Å². The standard InChI is InChI=1S/C17H19Cl2N/c1-4-20-17(13-5-7-14(18)8-6-13)15-9-11(2)12(3)10-16(15)19/h5-10,17,20H,4H2,1-3H3. The van der Waals surface area contributed by atoms with Crippen LogP contribution in [-0.2, 0) is 0 Å². The molecule has 0 aliphatic rings. The van der Waals surface area contributed by atoms with Crippen molar-refractivity contribution in [3.63, 3.8) is 0 Å². The molecule has 0 spiro atoms. The van der Waals surface area contributed by atoms with E-state index in [9.17, 15) is 0 Å². The van der Waals surface area contributed by atoms with Crippen LogP contribution in [0.1, 0.15) is 35.2 Å². The summed E-state index contributed by atoms with van der Waals surface area (Å²) in [6.45, 7) is 7.16. The first-order valence-corrected chi connectivity index (χ1v) is 7.54. The fraction of sp³-hybridized carbons (Fsp3) is 0.294. The van der Waals surface area contributed by atoms with Gasteiger partial charge < -0.3 is 5.32 Å². The molecule has 1 N–H and O–H groups in total. The highest BCUT2D eigenvalue weighted by molar-refractivity contribution is 6.31. The second-order valence-corrected chi connectivity index (χ2v) is 5.84.